The Morgan fingerprint density at radius 2 is 1.71 bits per heavy atom. The Balaban J connectivity index is 1.43. The van der Waals surface area contributed by atoms with Gasteiger partial charge in [0.2, 0.25) is 0 Å². The summed E-state index contributed by atoms with van der Waals surface area (Å²) < 4.78 is 10.5. The standard InChI is InChI=1S/C26H34N4O4/c1-29-12-6-7-18-15-19(8-10-21(18)29)22(30-13-4-5-14-30)17-27-25(31)26(32)28-20-9-11-23(33-2)24(16-20)34-3/h8-11,15-16,22H,4-7,12-14,17H2,1-3H3,(H,27,31)(H,28,32)/t22-/m1/s1. The SMILES string of the molecule is COc1ccc(NC(=O)C(=O)NC[C@H](c2ccc3c(c2)CCCN3C)N2CCCC2)cc1OC. The van der Waals surface area contributed by atoms with Crippen LogP contribution in [0.1, 0.15) is 36.4 Å². The molecule has 0 radical (unpaired) electrons. The number of aryl methyl sites for hydroxylation is 1. The smallest absolute Gasteiger partial charge is 0.313 e. The maximum Gasteiger partial charge on any atom is 0.313 e. The van der Waals surface area contributed by atoms with Crippen LogP contribution in [0.25, 0.3) is 0 Å². The molecular weight excluding hydrogens is 432 g/mol. The predicted octanol–water partition coefficient (Wildman–Crippen LogP) is 2.98. The molecule has 8 heteroatoms. The van der Waals surface area contributed by atoms with Crippen LogP contribution in [0.4, 0.5) is 11.4 Å². The van der Waals surface area contributed by atoms with E-state index in [0.29, 0.717) is 23.7 Å². The number of ether oxygens (including phenoxy) is 2. The summed E-state index contributed by atoms with van der Waals surface area (Å²) in [4.78, 5) is 29.9. The summed E-state index contributed by atoms with van der Waals surface area (Å²) in [6.07, 6.45) is 4.52. The molecule has 0 saturated carbocycles. The lowest BCUT2D eigenvalue weighted by molar-refractivity contribution is -0.136. The fraction of sp³-hybridized carbons (Fsp3) is 0.462. The zero-order chi connectivity index (χ0) is 24.1. The number of carbonyl (C=O) groups excluding carboxylic acids is 2. The minimum Gasteiger partial charge on any atom is -0.493 e. The molecule has 4 rings (SSSR count). The largest absolute Gasteiger partial charge is 0.493 e. The van der Waals surface area contributed by atoms with Crippen molar-refractivity contribution >= 4 is 23.2 Å². The summed E-state index contributed by atoms with van der Waals surface area (Å²) in [5.74, 6) is -0.335. The fourth-order valence-electron chi connectivity index (χ4n) is 4.89. The van der Waals surface area contributed by atoms with Crippen molar-refractivity contribution in [2.75, 3.05) is 57.7 Å². The molecule has 2 amide bonds. The first kappa shape index (κ1) is 23.9. The van der Waals surface area contributed by atoms with E-state index in [1.54, 1.807) is 25.3 Å². The fourth-order valence-corrected chi connectivity index (χ4v) is 4.89. The Labute approximate surface area is 201 Å². The first-order valence-corrected chi connectivity index (χ1v) is 11.9. The van der Waals surface area contributed by atoms with Crippen molar-refractivity contribution in [1.82, 2.24) is 10.2 Å². The summed E-state index contributed by atoms with van der Waals surface area (Å²) in [6.45, 7) is 3.45. The Hall–Kier alpha value is -3.26. The third-order valence-electron chi connectivity index (χ3n) is 6.72. The Kier molecular flexibility index (Phi) is 7.57. The average Bonchev–Trinajstić information content (AvgIpc) is 3.38. The lowest BCUT2D eigenvalue weighted by atomic mass is 9.96. The summed E-state index contributed by atoms with van der Waals surface area (Å²) in [7, 11) is 5.20. The van der Waals surface area contributed by atoms with Gasteiger partial charge in [-0.1, -0.05) is 12.1 Å². The van der Waals surface area contributed by atoms with Crippen molar-refractivity contribution in [3.05, 3.63) is 47.5 Å². The van der Waals surface area contributed by atoms with E-state index in [-0.39, 0.29) is 6.04 Å². The maximum atomic E-state index is 12.6. The van der Waals surface area contributed by atoms with Gasteiger partial charge in [-0.3, -0.25) is 14.5 Å². The molecule has 2 aromatic carbocycles. The van der Waals surface area contributed by atoms with Crippen LogP contribution in [0.5, 0.6) is 11.5 Å². The quantitative estimate of drug-likeness (QED) is 0.611. The van der Waals surface area contributed by atoms with Crippen LogP contribution in [0.3, 0.4) is 0 Å². The van der Waals surface area contributed by atoms with Crippen molar-refractivity contribution in [3.63, 3.8) is 0 Å². The number of fused-ring (bicyclic) bond motifs is 1. The third kappa shape index (κ3) is 5.28. The van der Waals surface area contributed by atoms with Gasteiger partial charge < -0.3 is 25.0 Å². The second-order valence-corrected chi connectivity index (χ2v) is 8.91. The molecule has 1 atom stereocenters. The van der Waals surface area contributed by atoms with Crippen molar-refractivity contribution in [1.29, 1.82) is 0 Å². The van der Waals surface area contributed by atoms with Gasteiger partial charge in [0.25, 0.3) is 0 Å². The number of likely N-dealkylation sites (tertiary alicyclic amines) is 1. The molecule has 2 aromatic rings. The van der Waals surface area contributed by atoms with E-state index < -0.39 is 11.8 Å². The highest BCUT2D eigenvalue weighted by Gasteiger charge is 2.26. The molecule has 0 bridgehead atoms. The summed E-state index contributed by atoms with van der Waals surface area (Å²) in [6, 6.07) is 11.7. The van der Waals surface area contributed by atoms with Gasteiger partial charge in [0.15, 0.2) is 11.5 Å². The van der Waals surface area contributed by atoms with Crippen molar-refractivity contribution < 1.29 is 19.1 Å². The lowest BCUT2D eigenvalue weighted by Gasteiger charge is -2.31. The maximum absolute atomic E-state index is 12.6. The number of benzene rings is 2. The lowest BCUT2D eigenvalue weighted by Crippen LogP contribution is -2.41. The molecule has 8 nitrogen and oxygen atoms in total. The number of methoxy groups -OCH3 is 2. The van der Waals surface area contributed by atoms with Crippen molar-refractivity contribution in [2.45, 2.75) is 31.7 Å². The highest BCUT2D eigenvalue weighted by molar-refractivity contribution is 6.39. The second kappa shape index (κ2) is 10.8. The minimum atomic E-state index is -0.709. The summed E-state index contributed by atoms with van der Waals surface area (Å²) in [5.41, 5.74) is 4.30. The van der Waals surface area contributed by atoms with Gasteiger partial charge in [0, 0.05) is 37.6 Å². The van der Waals surface area contributed by atoms with E-state index in [1.165, 1.54) is 23.9 Å². The van der Waals surface area contributed by atoms with Crippen LogP contribution < -0.4 is 25.0 Å². The van der Waals surface area contributed by atoms with Crippen molar-refractivity contribution in [2.24, 2.45) is 0 Å². The Morgan fingerprint density at radius 3 is 2.44 bits per heavy atom. The van der Waals surface area contributed by atoms with Gasteiger partial charge >= 0.3 is 11.8 Å². The molecule has 2 aliphatic rings. The van der Waals surface area contributed by atoms with Gasteiger partial charge in [0.05, 0.1) is 20.3 Å². The zero-order valence-corrected chi connectivity index (χ0v) is 20.2. The highest BCUT2D eigenvalue weighted by Crippen LogP contribution is 2.32. The summed E-state index contributed by atoms with van der Waals surface area (Å²) >= 11 is 0. The minimum absolute atomic E-state index is 0.0397. The van der Waals surface area contributed by atoms with Crippen LogP contribution in [0.15, 0.2) is 36.4 Å². The van der Waals surface area contributed by atoms with Crippen LogP contribution >= 0.6 is 0 Å². The Morgan fingerprint density at radius 1 is 0.941 bits per heavy atom. The molecule has 2 N–H and O–H groups in total. The second-order valence-electron chi connectivity index (χ2n) is 8.91. The van der Waals surface area contributed by atoms with Crippen LogP contribution in [0, 0.1) is 0 Å². The van der Waals surface area contributed by atoms with Gasteiger partial charge in [0.1, 0.15) is 0 Å². The van der Waals surface area contributed by atoms with E-state index in [0.717, 1.165) is 45.3 Å². The molecule has 2 aliphatic heterocycles. The predicted molar refractivity (Wildman–Crippen MR) is 133 cm³/mol. The molecule has 182 valence electrons. The van der Waals surface area contributed by atoms with Crippen LogP contribution in [0.2, 0.25) is 0 Å². The monoisotopic (exact) mass is 466 g/mol. The van der Waals surface area contributed by atoms with Crippen molar-refractivity contribution in [3.8, 4) is 11.5 Å². The van der Waals surface area contributed by atoms with E-state index >= 15 is 0 Å². The third-order valence-corrected chi connectivity index (χ3v) is 6.72. The molecule has 2 heterocycles. The number of hydrogen-bond donors (Lipinski definition) is 2. The van der Waals surface area contributed by atoms with E-state index in [2.05, 4.69) is 45.7 Å². The number of carbonyl (C=O) groups is 2. The number of anilines is 2. The van der Waals surface area contributed by atoms with Gasteiger partial charge in [-0.2, -0.15) is 0 Å². The van der Waals surface area contributed by atoms with E-state index in [9.17, 15) is 9.59 Å². The molecule has 0 aliphatic carbocycles. The molecule has 0 aromatic heterocycles. The zero-order valence-electron chi connectivity index (χ0n) is 20.2. The molecular formula is C26H34N4O4. The topological polar surface area (TPSA) is 83.1 Å². The van der Waals surface area contributed by atoms with Gasteiger partial charge in [-0.05, 0) is 68.1 Å². The number of hydrogen-bond acceptors (Lipinski definition) is 6. The van der Waals surface area contributed by atoms with Crippen LogP contribution in [-0.4, -0.2) is 64.2 Å². The highest BCUT2D eigenvalue weighted by atomic mass is 16.5. The summed E-state index contributed by atoms with van der Waals surface area (Å²) in [5, 5.41) is 5.50. The number of nitrogens with one attached hydrogen (secondary N) is 2. The molecule has 1 saturated heterocycles. The first-order chi connectivity index (χ1) is 16.5. The molecule has 0 unspecified atom stereocenters. The number of nitrogens with zero attached hydrogens (tertiary/aromatic N) is 2. The molecule has 0 spiro atoms. The average molecular weight is 467 g/mol. The molecule has 34 heavy (non-hydrogen) atoms. The van der Waals surface area contributed by atoms with E-state index in [4.69, 9.17) is 9.47 Å². The normalized spacial score (nSPS) is 16.5. The molecule has 1 fully saturated rings. The van der Waals surface area contributed by atoms with Gasteiger partial charge in [-0.15, -0.1) is 0 Å². The van der Waals surface area contributed by atoms with E-state index in [1.807, 2.05) is 0 Å². The number of amides is 2. The van der Waals surface area contributed by atoms with Gasteiger partial charge in [-0.25, -0.2) is 0 Å². The first-order valence-electron chi connectivity index (χ1n) is 11.9. The number of rotatable bonds is 7. The Bertz CT molecular complexity index is 1040. The van der Waals surface area contributed by atoms with Crippen LogP contribution in [-0.2, 0) is 16.0 Å².